The third-order valence-electron chi connectivity index (χ3n) is 3.52. The van der Waals surface area contributed by atoms with Crippen LogP contribution in [0.4, 0.5) is 0 Å². The zero-order valence-electron chi connectivity index (χ0n) is 13.2. The van der Waals surface area contributed by atoms with Gasteiger partial charge in [-0.15, -0.1) is 5.10 Å². The van der Waals surface area contributed by atoms with Crippen molar-refractivity contribution in [3.05, 3.63) is 47.8 Å². The molecule has 0 amide bonds. The van der Waals surface area contributed by atoms with Crippen molar-refractivity contribution in [2.75, 3.05) is 13.7 Å². The highest BCUT2D eigenvalue weighted by atomic mass is 16.5. The van der Waals surface area contributed by atoms with Gasteiger partial charge in [0.15, 0.2) is 5.65 Å². The molecule has 118 valence electrons. The van der Waals surface area contributed by atoms with Crippen LogP contribution in [0.1, 0.15) is 23.0 Å². The molecule has 3 rings (SSSR count). The second kappa shape index (κ2) is 6.08. The van der Waals surface area contributed by atoms with Crippen molar-refractivity contribution in [3.63, 3.8) is 0 Å². The van der Waals surface area contributed by atoms with Crippen molar-refractivity contribution in [1.29, 1.82) is 0 Å². The Morgan fingerprint density at radius 1 is 1.26 bits per heavy atom. The van der Waals surface area contributed by atoms with E-state index in [1.54, 1.807) is 31.7 Å². The molecule has 1 aromatic carbocycles. The number of aromatic nitrogens is 3. The minimum absolute atomic E-state index is 0.313. The molecule has 0 aliphatic carbocycles. The summed E-state index contributed by atoms with van der Waals surface area (Å²) < 4.78 is 12.0. The maximum absolute atomic E-state index is 12.0. The highest BCUT2D eigenvalue weighted by Gasteiger charge is 2.20. The number of benzene rings is 1. The predicted octanol–water partition coefficient (Wildman–Crippen LogP) is 2.89. The molecular formula is C17H17N3O3. The average molecular weight is 311 g/mol. The van der Waals surface area contributed by atoms with Crippen LogP contribution >= 0.6 is 0 Å². The van der Waals surface area contributed by atoms with Gasteiger partial charge in [0.1, 0.15) is 0 Å². The predicted molar refractivity (Wildman–Crippen MR) is 85.7 cm³/mol. The lowest BCUT2D eigenvalue weighted by Crippen LogP contribution is -2.10. The number of esters is 1. The molecule has 6 heteroatoms. The SMILES string of the molecule is CCOC(=O)c1cn2nc(OC)c(-c3ccccc3)c2nc1C. The molecule has 0 bridgehead atoms. The lowest BCUT2D eigenvalue weighted by Gasteiger charge is -2.06. The van der Waals surface area contributed by atoms with Crippen LogP contribution in [-0.2, 0) is 4.74 Å². The normalized spacial score (nSPS) is 10.7. The fourth-order valence-electron chi connectivity index (χ4n) is 2.45. The van der Waals surface area contributed by atoms with E-state index in [9.17, 15) is 4.79 Å². The van der Waals surface area contributed by atoms with E-state index in [4.69, 9.17) is 9.47 Å². The molecule has 6 nitrogen and oxygen atoms in total. The van der Waals surface area contributed by atoms with Gasteiger partial charge in [-0.25, -0.2) is 14.3 Å². The van der Waals surface area contributed by atoms with Crippen molar-refractivity contribution in [2.24, 2.45) is 0 Å². The van der Waals surface area contributed by atoms with Gasteiger partial charge in [0.05, 0.1) is 30.5 Å². The molecule has 2 heterocycles. The van der Waals surface area contributed by atoms with E-state index in [-0.39, 0.29) is 0 Å². The largest absolute Gasteiger partial charge is 0.479 e. The number of rotatable bonds is 4. The van der Waals surface area contributed by atoms with Crippen LogP contribution < -0.4 is 4.74 Å². The topological polar surface area (TPSA) is 65.7 Å². The number of hydrogen-bond acceptors (Lipinski definition) is 5. The Morgan fingerprint density at radius 2 is 2.00 bits per heavy atom. The smallest absolute Gasteiger partial charge is 0.341 e. The molecule has 2 aromatic heterocycles. The summed E-state index contributed by atoms with van der Waals surface area (Å²) in [6.07, 6.45) is 1.63. The fraction of sp³-hybridized carbons (Fsp3) is 0.235. The van der Waals surface area contributed by atoms with Crippen LogP contribution in [0.3, 0.4) is 0 Å². The van der Waals surface area contributed by atoms with Gasteiger partial charge in [-0.05, 0) is 19.4 Å². The van der Waals surface area contributed by atoms with Crippen LogP contribution in [0.5, 0.6) is 5.88 Å². The summed E-state index contributed by atoms with van der Waals surface area (Å²) in [5, 5.41) is 4.38. The van der Waals surface area contributed by atoms with E-state index in [0.29, 0.717) is 29.4 Å². The molecule has 0 saturated carbocycles. The van der Waals surface area contributed by atoms with E-state index in [2.05, 4.69) is 10.1 Å². The number of nitrogens with zero attached hydrogens (tertiary/aromatic N) is 3. The number of carbonyl (C=O) groups is 1. The van der Waals surface area contributed by atoms with Crippen LogP contribution in [0.15, 0.2) is 36.5 Å². The van der Waals surface area contributed by atoms with Crippen molar-refractivity contribution < 1.29 is 14.3 Å². The summed E-state index contributed by atoms with van der Waals surface area (Å²) >= 11 is 0. The minimum atomic E-state index is -0.407. The standard InChI is InChI=1S/C17H17N3O3/c1-4-23-17(21)13-10-20-15(18-11(13)2)14(16(19-20)22-3)12-8-6-5-7-9-12/h5-10H,4H2,1-3H3. The second-order valence-corrected chi connectivity index (χ2v) is 4.98. The maximum atomic E-state index is 12.0. The summed E-state index contributed by atoms with van der Waals surface area (Å²) in [6, 6.07) is 9.76. The van der Waals surface area contributed by atoms with Crippen LogP contribution in [0.2, 0.25) is 0 Å². The summed E-state index contributed by atoms with van der Waals surface area (Å²) in [5.41, 5.74) is 3.38. The Labute approximate surface area is 133 Å². The Morgan fingerprint density at radius 3 is 2.65 bits per heavy atom. The van der Waals surface area contributed by atoms with Gasteiger partial charge in [0.2, 0.25) is 5.88 Å². The van der Waals surface area contributed by atoms with Crippen molar-refractivity contribution >= 4 is 11.6 Å². The third kappa shape index (κ3) is 2.63. The average Bonchev–Trinajstić information content (AvgIpc) is 2.92. The highest BCUT2D eigenvalue weighted by molar-refractivity contribution is 5.91. The number of methoxy groups -OCH3 is 1. The number of ether oxygens (including phenoxy) is 2. The monoisotopic (exact) mass is 311 g/mol. The molecule has 0 atom stereocenters. The van der Waals surface area contributed by atoms with Gasteiger partial charge in [0, 0.05) is 6.20 Å². The quantitative estimate of drug-likeness (QED) is 0.693. The van der Waals surface area contributed by atoms with Gasteiger partial charge in [-0.1, -0.05) is 30.3 Å². The Balaban J connectivity index is 2.22. The summed E-state index contributed by atoms with van der Waals surface area (Å²) in [6.45, 7) is 3.86. The molecule has 0 fully saturated rings. The third-order valence-corrected chi connectivity index (χ3v) is 3.52. The summed E-state index contributed by atoms with van der Waals surface area (Å²) in [5.74, 6) is 0.0548. The van der Waals surface area contributed by atoms with Gasteiger partial charge >= 0.3 is 5.97 Å². The maximum Gasteiger partial charge on any atom is 0.341 e. The zero-order valence-corrected chi connectivity index (χ0v) is 13.2. The highest BCUT2D eigenvalue weighted by Crippen LogP contribution is 2.32. The molecule has 0 aliphatic heterocycles. The van der Waals surface area contributed by atoms with Crippen molar-refractivity contribution in [1.82, 2.24) is 14.6 Å². The number of fused-ring (bicyclic) bond motifs is 1. The molecule has 0 saturated heterocycles. The molecular weight excluding hydrogens is 294 g/mol. The Hall–Kier alpha value is -2.89. The van der Waals surface area contributed by atoms with Crippen molar-refractivity contribution in [2.45, 2.75) is 13.8 Å². The first-order valence-corrected chi connectivity index (χ1v) is 7.32. The molecule has 23 heavy (non-hydrogen) atoms. The minimum Gasteiger partial charge on any atom is -0.479 e. The van der Waals surface area contributed by atoms with Crippen LogP contribution in [-0.4, -0.2) is 34.3 Å². The van der Waals surface area contributed by atoms with Gasteiger partial charge in [0.25, 0.3) is 0 Å². The fourth-order valence-corrected chi connectivity index (χ4v) is 2.45. The van der Waals surface area contributed by atoms with E-state index in [1.165, 1.54) is 0 Å². The molecule has 0 N–H and O–H groups in total. The molecule has 0 unspecified atom stereocenters. The summed E-state index contributed by atoms with van der Waals surface area (Å²) in [7, 11) is 1.56. The Kier molecular flexibility index (Phi) is 3.97. The van der Waals surface area contributed by atoms with Crippen molar-refractivity contribution in [3.8, 4) is 17.0 Å². The first-order chi connectivity index (χ1) is 11.2. The number of carbonyl (C=O) groups excluding carboxylic acids is 1. The van der Waals surface area contributed by atoms with Gasteiger partial charge < -0.3 is 9.47 Å². The van der Waals surface area contributed by atoms with Crippen LogP contribution in [0.25, 0.3) is 16.8 Å². The molecule has 0 radical (unpaired) electrons. The van der Waals surface area contributed by atoms with E-state index >= 15 is 0 Å². The summed E-state index contributed by atoms with van der Waals surface area (Å²) in [4.78, 5) is 16.5. The van der Waals surface area contributed by atoms with Crippen LogP contribution in [0, 0.1) is 6.92 Å². The first kappa shape index (κ1) is 15.0. The van der Waals surface area contributed by atoms with E-state index in [0.717, 1.165) is 11.1 Å². The van der Waals surface area contributed by atoms with Gasteiger partial charge in [-0.3, -0.25) is 0 Å². The lowest BCUT2D eigenvalue weighted by atomic mass is 10.1. The Bertz CT molecular complexity index is 856. The van der Waals surface area contributed by atoms with E-state index < -0.39 is 5.97 Å². The molecule has 0 aliphatic rings. The zero-order chi connectivity index (χ0) is 16.4. The van der Waals surface area contributed by atoms with E-state index in [1.807, 2.05) is 30.3 Å². The van der Waals surface area contributed by atoms with Gasteiger partial charge in [-0.2, -0.15) is 0 Å². The second-order valence-electron chi connectivity index (χ2n) is 4.98. The molecule has 3 aromatic rings. The lowest BCUT2D eigenvalue weighted by molar-refractivity contribution is 0.0524. The number of hydrogen-bond donors (Lipinski definition) is 0. The molecule has 0 spiro atoms. The first-order valence-electron chi connectivity index (χ1n) is 7.32. The number of aryl methyl sites for hydroxylation is 1.